The fourth-order valence-electron chi connectivity index (χ4n) is 2.99. The van der Waals surface area contributed by atoms with E-state index in [1.807, 2.05) is 73.0 Å². The lowest BCUT2D eigenvalue weighted by molar-refractivity contribution is -0.118. The summed E-state index contributed by atoms with van der Waals surface area (Å²) in [5.74, 6) is 0.165. The van der Waals surface area contributed by atoms with E-state index in [9.17, 15) is 9.59 Å². The van der Waals surface area contributed by atoms with Crippen LogP contribution >= 0.6 is 11.8 Å². The van der Waals surface area contributed by atoms with Gasteiger partial charge in [-0.15, -0.1) is 10.2 Å². The van der Waals surface area contributed by atoms with Gasteiger partial charge in [-0.25, -0.2) is 0 Å². The largest absolute Gasteiger partial charge is 0.370 e. The molecule has 3 aromatic rings. The molecule has 3 N–H and O–H groups in total. The quantitative estimate of drug-likeness (QED) is 0.513. The highest BCUT2D eigenvalue weighted by Gasteiger charge is 2.25. The number of hydrogen-bond acceptors (Lipinski definition) is 5. The molecule has 0 spiro atoms. The first-order chi connectivity index (χ1) is 14.5. The molecule has 8 heteroatoms. The lowest BCUT2D eigenvalue weighted by Gasteiger charge is -2.17. The molecule has 0 fully saturated rings. The van der Waals surface area contributed by atoms with E-state index >= 15 is 0 Å². The van der Waals surface area contributed by atoms with E-state index in [1.165, 1.54) is 11.8 Å². The number of carbonyl (C=O) groups is 2. The summed E-state index contributed by atoms with van der Waals surface area (Å²) in [6.45, 7) is 4.61. The Morgan fingerprint density at radius 1 is 1.10 bits per heavy atom. The van der Waals surface area contributed by atoms with Gasteiger partial charge in [-0.2, -0.15) is 0 Å². The monoisotopic (exact) mass is 423 g/mol. The van der Waals surface area contributed by atoms with Gasteiger partial charge in [0.2, 0.25) is 11.8 Å². The smallest absolute Gasteiger partial charge is 0.242 e. The predicted octanol–water partition coefficient (Wildman–Crippen LogP) is 3.50. The van der Waals surface area contributed by atoms with E-state index < -0.39 is 5.25 Å². The van der Waals surface area contributed by atoms with E-state index in [0.717, 1.165) is 16.8 Å². The maximum atomic E-state index is 13.2. The molecule has 7 nitrogen and oxygen atoms in total. The first kappa shape index (κ1) is 21.6. The molecule has 3 rings (SSSR count). The molecule has 156 valence electrons. The number of anilines is 1. The van der Waals surface area contributed by atoms with Crippen molar-refractivity contribution >= 4 is 29.3 Å². The van der Waals surface area contributed by atoms with Gasteiger partial charge in [0.05, 0.1) is 0 Å². The van der Waals surface area contributed by atoms with Crippen molar-refractivity contribution in [3.05, 3.63) is 71.5 Å². The van der Waals surface area contributed by atoms with Gasteiger partial charge in [0.1, 0.15) is 11.1 Å². The standard InChI is InChI=1S/C22H25N5O2S/c1-3-27-19(14-13-18(23)28)25-26-22(27)30-20(16-7-5-4-6-8-16)21(29)24-17-11-9-15(2)10-12-17/h4-12,20H,3,13-14H2,1-2H3,(H2,23,28)(H,24,29)/t20-/m0/s1. The summed E-state index contributed by atoms with van der Waals surface area (Å²) in [6.07, 6.45) is 0.626. The molecule has 0 aliphatic rings. The maximum absolute atomic E-state index is 13.2. The molecule has 0 aliphatic heterocycles. The van der Waals surface area contributed by atoms with Crippen molar-refractivity contribution in [2.75, 3.05) is 5.32 Å². The molecule has 0 aliphatic carbocycles. The molecule has 0 radical (unpaired) electrons. The molecule has 30 heavy (non-hydrogen) atoms. The minimum atomic E-state index is -0.508. The molecule has 0 saturated heterocycles. The second-order valence-corrected chi connectivity index (χ2v) is 7.95. The zero-order valence-electron chi connectivity index (χ0n) is 17.0. The Labute approximate surface area is 180 Å². The Bertz CT molecular complexity index is 1000. The van der Waals surface area contributed by atoms with Crippen LogP contribution in [-0.4, -0.2) is 26.6 Å². The Kier molecular flexibility index (Phi) is 7.24. The van der Waals surface area contributed by atoms with E-state index in [2.05, 4.69) is 15.5 Å². The molecule has 1 atom stereocenters. The van der Waals surface area contributed by atoms with Gasteiger partial charge in [0.15, 0.2) is 5.16 Å². The fourth-order valence-corrected chi connectivity index (χ4v) is 4.11. The zero-order chi connectivity index (χ0) is 21.5. The lowest BCUT2D eigenvalue weighted by Crippen LogP contribution is -2.19. The molecule has 1 aromatic heterocycles. The van der Waals surface area contributed by atoms with Gasteiger partial charge in [-0.05, 0) is 31.5 Å². The summed E-state index contributed by atoms with van der Waals surface area (Å²) in [5.41, 5.74) is 8.00. The number of thioether (sulfide) groups is 1. The third-order valence-electron chi connectivity index (χ3n) is 4.59. The highest BCUT2D eigenvalue weighted by molar-refractivity contribution is 8.00. The average molecular weight is 424 g/mol. The van der Waals surface area contributed by atoms with Crippen LogP contribution in [0.2, 0.25) is 0 Å². The Morgan fingerprint density at radius 2 is 1.80 bits per heavy atom. The summed E-state index contributed by atoms with van der Waals surface area (Å²) in [4.78, 5) is 24.3. The van der Waals surface area contributed by atoms with Crippen LogP contribution in [0.1, 0.15) is 35.5 Å². The van der Waals surface area contributed by atoms with Crippen LogP contribution in [0.4, 0.5) is 5.69 Å². The average Bonchev–Trinajstić information content (AvgIpc) is 3.14. The number of amides is 2. The zero-order valence-corrected chi connectivity index (χ0v) is 17.9. The van der Waals surface area contributed by atoms with Gasteiger partial charge in [0, 0.05) is 25.1 Å². The van der Waals surface area contributed by atoms with Gasteiger partial charge < -0.3 is 15.6 Å². The summed E-state index contributed by atoms with van der Waals surface area (Å²) in [7, 11) is 0. The summed E-state index contributed by atoms with van der Waals surface area (Å²) < 4.78 is 1.92. The van der Waals surface area contributed by atoms with Crippen LogP contribution in [0.15, 0.2) is 59.8 Å². The van der Waals surface area contributed by atoms with Crippen molar-refractivity contribution in [1.82, 2.24) is 14.8 Å². The minimum Gasteiger partial charge on any atom is -0.370 e. The fraction of sp³-hybridized carbons (Fsp3) is 0.273. The normalized spacial score (nSPS) is 11.8. The highest BCUT2D eigenvalue weighted by atomic mass is 32.2. The second-order valence-electron chi connectivity index (χ2n) is 6.87. The molecule has 2 aromatic carbocycles. The topological polar surface area (TPSA) is 103 Å². The van der Waals surface area contributed by atoms with E-state index in [4.69, 9.17) is 5.73 Å². The number of benzene rings is 2. The van der Waals surface area contributed by atoms with Gasteiger partial charge in [-0.1, -0.05) is 59.8 Å². The van der Waals surface area contributed by atoms with E-state index in [0.29, 0.717) is 23.9 Å². The summed E-state index contributed by atoms with van der Waals surface area (Å²) in [5, 5.41) is 11.6. The number of aryl methyl sites for hydroxylation is 2. The number of nitrogens with zero attached hydrogens (tertiary/aromatic N) is 3. The van der Waals surface area contributed by atoms with Gasteiger partial charge >= 0.3 is 0 Å². The molecular formula is C22H25N5O2S. The predicted molar refractivity (Wildman–Crippen MR) is 118 cm³/mol. The van der Waals surface area contributed by atoms with Crippen molar-refractivity contribution in [2.45, 2.75) is 43.6 Å². The molecule has 0 bridgehead atoms. The number of primary amides is 1. The maximum Gasteiger partial charge on any atom is 0.242 e. The minimum absolute atomic E-state index is 0.139. The molecule has 0 unspecified atom stereocenters. The first-order valence-corrected chi connectivity index (χ1v) is 10.7. The number of carbonyl (C=O) groups excluding carboxylic acids is 2. The number of rotatable bonds is 9. The van der Waals surface area contributed by atoms with E-state index in [1.54, 1.807) is 0 Å². The van der Waals surface area contributed by atoms with Crippen LogP contribution in [0.5, 0.6) is 0 Å². The summed E-state index contributed by atoms with van der Waals surface area (Å²) in [6, 6.07) is 17.3. The first-order valence-electron chi connectivity index (χ1n) is 9.77. The van der Waals surface area contributed by atoms with Crippen LogP contribution in [-0.2, 0) is 22.6 Å². The van der Waals surface area contributed by atoms with Crippen LogP contribution < -0.4 is 11.1 Å². The van der Waals surface area contributed by atoms with Crippen LogP contribution in [0.3, 0.4) is 0 Å². The number of nitrogens with one attached hydrogen (secondary N) is 1. The third-order valence-corrected chi connectivity index (χ3v) is 5.82. The third kappa shape index (κ3) is 5.48. The number of hydrogen-bond donors (Lipinski definition) is 2. The highest BCUT2D eigenvalue weighted by Crippen LogP contribution is 2.35. The SMILES string of the molecule is CCn1c(CCC(N)=O)nnc1S[C@H](C(=O)Nc1ccc(C)cc1)c1ccccc1. The lowest BCUT2D eigenvalue weighted by atomic mass is 10.1. The van der Waals surface area contributed by atoms with Crippen LogP contribution in [0.25, 0.3) is 0 Å². The van der Waals surface area contributed by atoms with Crippen molar-refractivity contribution in [2.24, 2.45) is 5.73 Å². The second kappa shape index (κ2) is 10.1. The van der Waals surface area contributed by atoms with Crippen molar-refractivity contribution in [1.29, 1.82) is 0 Å². The number of aromatic nitrogens is 3. The van der Waals surface area contributed by atoms with Crippen LogP contribution in [0, 0.1) is 6.92 Å². The molecule has 2 amide bonds. The van der Waals surface area contributed by atoms with Crippen molar-refractivity contribution in [3.63, 3.8) is 0 Å². The van der Waals surface area contributed by atoms with Crippen molar-refractivity contribution < 1.29 is 9.59 Å². The summed E-state index contributed by atoms with van der Waals surface area (Å²) >= 11 is 1.34. The Balaban J connectivity index is 1.85. The molecule has 0 saturated carbocycles. The Hall–Kier alpha value is -3.13. The molecule has 1 heterocycles. The Morgan fingerprint density at radius 3 is 2.43 bits per heavy atom. The van der Waals surface area contributed by atoms with E-state index in [-0.39, 0.29) is 18.2 Å². The van der Waals surface area contributed by atoms with Gasteiger partial charge in [-0.3, -0.25) is 9.59 Å². The number of nitrogens with two attached hydrogens (primary N) is 1. The van der Waals surface area contributed by atoms with Crippen molar-refractivity contribution in [3.8, 4) is 0 Å². The van der Waals surface area contributed by atoms with Gasteiger partial charge in [0.25, 0.3) is 0 Å². The molecular weight excluding hydrogens is 398 g/mol.